The maximum atomic E-state index is 5.99. The fourth-order valence-corrected chi connectivity index (χ4v) is 3.88. The van der Waals surface area contributed by atoms with Gasteiger partial charge in [-0.1, -0.05) is 95.4 Å². The molecule has 2 N–H and O–H groups in total. The van der Waals surface area contributed by atoms with Gasteiger partial charge in [-0.2, -0.15) is 0 Å². The van der Waals surface area contributed by atoms with Gasteiger partial charge >= 0.3 is 0 Å². The summed E-state index contributed by atoms with van der Waals surface area (Å²) in [4.78, 5) is 0. The molecule has 0 fully saturated rings. The summed E-state index contributed by atoms with van der Waals surface area (Å²) in [7, 11) is 0. The van der Waals surface area contributed by atoms with Crippen LogP contribution in [0, 0.1) is 5.41 Å². The minimum atomic E-state index is 0.130. The molecule has 0 radical (unpaired) electrons. The van der Waals surface area contributed by atoms with Gasteiger partial charge in [0.2, 0.25) is 0 Å². The quantitative estimate of drug-likeness (QED) is 0.284. The molecule has 0 unspecified atom stereocenters. The molecule has 0 saturated carbocycles. The van der Waals surface area contributed by atoms with Gasteiger partial charge in [0.15, 0.2) is 0 Å². The van der Waals surface area contributed by atoms with E-state index >= 15 is 0 Å². The van der Waals surface area contributed by atoms with Crippen molar-refractivity contribution < 1.29 is 0 Å². The molecule has 1 aliphatic rings. The second kappa shape index (κ2) is 11.8. The number of nitrogens with two attached hydrogens (primary N) is 1. The van der Waals surface area contributed by atoms with Crippen molar-refractivity contribution in [3.8, 4) is 0 Å². The van der Waals surface area contributed by atoms with Crippen LogP contribution in [-0.4, -0.2) is 0 Å². The Morgan fingerprint density at radius 3 is 2.12 bits per heavy atom. The summed E-state index contributed by atoms with van der Waals surface area (Å²) in [5.74, 6) is 0. The molecule has 1 rings (SSSR count). The Morgan fingerprint density at radius 1 is 1.04 bits per heavy atom. The molecule has 0 aromatic heterocycles. The highest BCUT2D eigenvalue weighted by atomic mass is 14.5. The van der Waals surface area contributed by atoms with Crippen molar-refractivity contribution in [2.75, 3.05) is 0 Å². The van der Waals surface area contributed by atoms with Crippen molar-refractivity contribution in [2.24, 2.45) is 11.1 Å². The summed E-state index contributed by atoms with van der Waals surface area (Å²) in [6.07, 6.45) is 25.2. The molecule has 0 atom stereocenters. The number of rotatable bonds is 12. The molecule has 0 amide bonds. The lowest BCUT2D eigenvalue weighted by molar-refractivity contribution is 0.366. The fraction of sp³-hybridized carbons (Fsp3) is 0.520. The Morgan fingerprint density at radius 2 is 1.65 bits per heavy atom. The Hall–Kier alpha value is -1.76. The maximum Gasteiger partial charge on any atom is 0.0270 e. The second-order valence-electron chi connectivity index (χ2n) is 7.32. The summed E-state index contributed by atoms with van der Waals surface area (Å²) >= 11 is 0. The minimum Gasteiger partial charge on any atom is -0.399 e. The van der Waals surface area contributed by atoms with Gasteiger partial charge in [-0.25, -0.2) is 0 Å². The topological polar surface area (TPSA) is 26.0 Å². The smallest absolute Gasteiger partial charge is 0.0270 e. The highest BCUT2D eigenvalue weighted by Crippen LogP contribution is 2.49. The molecule has 26 heavy (non-hydrogen) atoms. The minimum absolute atomic E-state index is 0.130. The van der Waals surface area contributed by atoms with Crippen LogP contribution in [0.3, 0.4) is 0 Å². The highest BCUT2D eigenvalue weighted by Gasteiger charge is 2.36. The summed E-state index contributed by atoms with van der Waals surface area (Å²) in [5, 5.41) is 0. The molecular weight excluding hydrogens is 314 g/mol. The molecular formula is C25H39N. The third-order valence-corrected chi connectivity index (χ3v) is 5.35. The molecule has 0 aliphatic heterocycles. The SMILES string of the molecule is C=CC1=C(/C=C\C)C(/C=C\C(N)=C/C)=CC1(CCCCC)CCCCC. The lowest BCUT2D eigenvalue weighted by Gasteiger charge is -2.30. The third-order valence-electron chi connectivity index (χ3n) is 5.35. The van der Waals surface area contributed by atoms with Crippen LogP contribution in [0.4, 0.5) is 0 Å². The predicted octanol–water partition coefficient (Wildman–Crippen LogP) is 7.55. The van der Waals surface area contributed by atoms with Gasteiger partial charge in [0.25, 0.3) is 0 Å². The average Bonchev–Trinajstić information content (AvgIpc) is 2.93. The standard InChI is InChI=1S/C25H39N/c1-6-11-13-18-25(19-14-12-7-2)20-21(16-17-22(26)9-4)23(15-8-3)24(25)10-5/h8-10,15-17,20H,5-7,11-14,18-19,26H2,1-4H3/b15-8-,17-16-,22-9+. The van der Waals surface area contributed by atoms with Crippen LogP contribution >= 0.6 is 0 Å². The van der Waals surface area contributed by atoms with E-state index in [1.165, 1.54) is 68.1 Å². The first kappa shape index (κ1) is 22.3. The molecule has 1 aliphatic carbocycles. The average molecular weight is 354 g/mol. The van der Waals surface area contributed by atoms with Crippen LogP contribution in [0.2, 0.25) is 0 Å². The first-order valence-electron chi connectivity index (χ1n) is 10.4. The number of allylic oxidation sites excluding steroid dienone is 10. The van der Waals surface area contributed by atoms with Crippen LogP contribution in [0.15, 0.2) is 71.5 Å². The first-order chi connectivity index (χ1) is 12.6. The van der Waals surface area contributed by atoms with Crippen LogP contribution in [-0.2, 0) is 0 Å². The zero-order chi connectivity index (χ0) is 19.4. The van der Waals surface area contributed by atoms with E-state index in [1.54, 1.807) is 0 Å². The summed E-state index contributed by atoms with van der Waals surface area (Å²) < 4.78 is 0. The van der Waals surface area contributed by atoms with Crippen LogP contribution in [0.1, 0.15) is 79.1 Å². The van der Waals surface area contributed by atoms with E-state index < -0.39 is 0 Å². The van der Waals surface area contributed by atoms with Gasteiger partial charge in [0.05, 0.1) is 0 Å². The van der Waals surface area contributed by atoms with E-state index in [1.807, 2.05) is 19.1 Å². The number of unbranched alkanes of at least 4 members (excludes halogenated alkanes) is 4. The van der Waals surface area contributed by atoms with Crippen LogP contribution in [0.5, 0.6) is 0 Å². The maximum absolute atomic E-state index is 5.99. The molecule has 0 bridgehead atoms. The number of hydrogen-bond donors (Lipinski definition) is 1. The van der Waals surface area contributed by atoms with Gasteiger partial charge in [-0.15, -0.1) is 0 Å². The van der Waals surface area contributed by atoms with Gasteiger partial charge in [-0.3, -0.25) is 0 Å². The summed E-state index contributed by atoms with van der Waals surface area (Å²) in [6.45, 7) is 12.8. The Bertz CT molecular complexity index is 586. The van der Waals surface area contributed by atoms with E-state index in [2.05, 4.69) is 57.7 Å². The van der Waals surface area contributed by atoms with E-state index in [9.17, 15) is 0 Å². The molecule has 0 heterocycles. The molecule has 1 nitrogen and oxygen atoms in total. The fourth-order valence-electron chi connectivity index (χ4n) is 3.88. The van der Waals surface area contributed by atoms with Gasteiger partial charge in [0.1, 0.15) is 0 Å². The zero-order valence-electron chi connectivity index (χ0n) is 17.5. The third kappa shape index (κ3) is 5.90. The molecule has 1 heteroatoms. The van der Waals surface area contributed by atoms with Crippen molar-refractivity contribution in [2.45, 2.75) is 79.1 Å². The summed E-state index contributed by atoms with van der Waals surface area (Å²) in [5.41, 5.74) is 10.9. The Labute approximate surface area is 162 Å². The number of hydrogen-bond acceptors (Lipinski definition) is 1. The monoisotopic (exact) mass is 353 g/mol. The van der Waals surface area contributed by atoms with E-state index in [0.29, 0.717) is 0 Å². The van der Waals surface area contributed by atoms with Crippen molar-refractivity contribution in [3.05, 3.63) is 71.5 Å². The first-order valence-corrected chi connectivity index (χ1v) is 10.4. The van der Waals surface area contributed by atoms with Gasteiger partial charge < -0.3 is 5.73 Å². The van der Waals surface area contributed by atoms with Crippen molar-refractivity contribution in [1.82, 2.24) is 0 Å². The lowest BCUT2D eigenvalue weighted by atomic mass is 9.73. The van der Waals surface area contributed by atoms with Crippen molar-refractivity contribution in [3.63, 3.8) is 0 Å². The van der Waals surface area contributed by atoms with Crippen molar-refractivity contribution in [1.29, 1.82) is 0 Å². The largest absolute Gasteiger partial charge is 0.399 e. The normalized spacial score (nSPS) is 17.5. The Kier molecular flexibility index (Phi) is 10.1. The molecule has 0 aromatic rings. The van der Waals surface area contributed by atoms with E-state index in [4.69, 9.17) is 5.73 Å². The van der Waals surface area contributed by atoms with Gasteiger partial charge in [0, 0.05) is 11.1 Å². The lowest BCUT2D eigenvalue weighted by Crippen LogP contribution is -2.19. The van der Waals surface area contributed by atoms with Gasteiger partial charge in [-0.05, 0) is 49.5 Å². The molecule has 0 saturated heterocycles. The van der Waals surface area contributed by atoms with Crippen LogP contribution < -0.4 is 5.73 Å². The van der Waals surface area contributed by atoms with Crippen molar-refractivity contribution >= 4 is 0 Å². The predicted molar refractivity (Wildman–Crippen MR) is 118 cm³/mol. The second-order valence-corrected chi connectivity index (χ2v) is 7.32. The van der Waals surface area contributed by atoms with E-state index in [-0.39, 0.29) is 5.41 Å². The highest BCUT2D eigenvalue weighted by molar-refractivity contribution is 5.61. The summed E-state index contributed by atoms with van der Waals surface area (Å²) in [6, 6.07) is 0. The Balaban J connectivity index is 3.34. The van der Waals surface area contributed by atoms with Crippen LogP contribution in [0.25, 0.3) is 0 Å². The van der Waals surface area contributed by atoms with E-state index in [0.717, 1.165) is 5.70 Å². The molecule has 0 aromatic carbocycles. The zero-order valence-corrected chi connectivity index (χ0v) is 17.5. The molecule has 0 spiro atoms. The molecule has 144 valence electrons.